The number of aliphatic hydroxyl groups excluding tert-OH is 3. The van der Waals surface area contributed by atoms with Gasteiger partial charge in [-0.25, -0.2) is 0 Å². The van der Waals surface area contributed by atoms with E-state index in [1.807, 2.05) is 6.92 Å². The summed E-state index contributed by atoms with van der Waals surface area (Å²) in [5.41, 5.74) is -0.361. The second-order valence-electron chi connectivity index (χ2n) is 3.76. The summed E-state index contributed by atoms with van der Waals surface area (Å²) in [6.07, 6.45) is -1.80. The number of fused-ring (bicyclic) bond motifs is 1. The molecule has 86 valence electrons. The van der Waals surface area contributed by atoms with E-state index in [1.54, 1.807) is 0 Å². The van der Waals surface area contributed by atoms with Crippen molar-refractivity contribution in [2.24, 2.45) is 4.99 Å². The minimum atomic E-state index is -1.31. The van der Waals surface area contributed by atoms with Gasteiger partial charge < -0.3 is 20.1 Å². The van der Waals surface area contributed by atoms with E-state index >= 15 is 0 Å². The summed E-state index contributed by atoms with van der Waals surface area (Å²) < 4.78 is 5.16. The van der Waals surface area contributed by atoms with E-state index in [-0.39, 0.29) is 5.44 Å². The topological polar surface area (TPSA) is 82.3 Å². The zero-order valence-electron chi connectivity index (χ0n) is 8.41. The van der Waals surface area contributed by atoms with Crippen LogP contribution in [0.15, 0.2) is 4.99 Å². The van der Waals surface area contributed by atoms with E-state index in [0.717, 1.165) is 17.9 Å². The highest BCUT2D eigenvalue weighted by atomic mass is 32.2. The average Bonchev–Trinajstić information content (AvgIpc) is 2.58. The second kappa shape index (κ2) is 4.39. The maximum absolute atomic E-state index is 9.69. The van der Waals surface area contributed by atoms with Crippen LogP contribution in [0, 0.1) is 0 Å². The first-order valence-corrected chi connectivity index (χ1v) is 5.94. The van der Waals surface area contributed by atoms with Crippen LogP contribution < -0.4 is 0 Å². The summed E-state index contributed by atoms with van der Waals surface area (Å²) in [6, 6.07) is -0.449. The normalized spacial score (nSPS) is 45.1. The van der Waals surface area contributed by atoms with Crippen molar-refractivity contribution in [3.05, 3.63) is 0 Å². The highest BCUT2D eigenvalue weighted by molar-refractivity contribution is 8.14. The van der Waals surface area contributed by atoms with Gasteiger partial charge in [-0.05, 0) is 6.42 Å². The fraction of sp³-hybridized carbons (Fsp3) is 0.889. The predicted octanol–water partition coefficient (Wildman–Crippen LogP) is -0.303. The molecule has 0 saturated carbocycles. The Labute approximate surface area is 92.2 Å². The smallest absolute Gasteiger partial charge is 0.185 e. The van der Waals surface area contributed by atoms with Crippen molar-refractivity contribution in [3.8, 4) is 0 Å². The highest BCUT2D eigenvalue weighted by Gasteiger charge is 2.47. The molecule has 0 aromatic carbocycles. The van der Waals surface area contributed by atoms with Crippen LogP contribution in [0.5, 0.6) is 0 Å². The van der Waals surface area contributed by atoms with E-state index < -0.39 is 24.5 Å². The average molecular weight is 233 g/mol. The Morgan fingerprint density at radius 2 is 2.07 bits per heavy atom. The van der Waals surface area contributed by atoms with Gasteiger partial charge >= 0.3 is 0 Å². The molecule has 0 amide bonds. The van der Waals surface area contributed by atoms with Crippen LogP contribution in [0.3, 0.4) is 0 Å². The first kappa shape index (κ1) is 11.3. The molecule has 2 aliphatic heterocycles. The van der Waals surface area contributed by atoms with Crippen LogP contribution in [0.4, 0.5) is 0 Å². The Morgan fingerprint density at radius 3 is 2.73 bits per heavy atom. The van der Waals surface area contributed by atoms with Crippen LogP contribution in [-0.2, 0) is 4.74 Å². The van der Waals surface area contributed by atoms with Crippen molar-refractivity contribution in [3.63, 3.8) is 0 Å². The molecule has 0 aliphatic carbocycles. The van der Waals surface area contributed by atoms with E-state index in [0.29, 0.717) is 0 Å². The van der Waals surface area contributed by atoms with Gasteiger partial charge in [-0.2, -0.15) is 0 Å². The number of aliphatic hydroxyl groups is 3. The molecule has 0 spiro atoms. The molecule has 0 bridgehead atoms. The lowest BCUT2D eigenvalue weighted by Gasteiger charge is -2.35. The Balaban J connectivity index is 2.08. The standard InChI is InChI=1S/C9H15NO4S/c1-2-3-4-10-5-6(11)7(12)8(13)14-9(5)15-4/h5-9,11-13H,2-3H2,1H3/t5-,6-,7+,8+,9-/m1/s1. The lowest BCUT2D eigenvalue weighted by atomic mass is 10.0. The summed E-state index contributed by atoms with van der Waals surface area (Å²) in [6.45, 7) is 2.05. The van der Waals surface area contributed by atoms with E-state index in [9.17, 15) is 15.3 Å². The minimum absolute atomic E-state index is 0.361. The SMILES string of the molecule is CCCC1=N[C@@H]2[C@@H](O)[C@H](O)[C@@H](O)O[C@@H]2S1. The monoisotopic (exact) mass is 233 g/mol. The van der Waals surface area contributed by atoms with Gasteiger partial charge in [0.15, 0.2) is 6.29 Å². The molecule has 0 aromatic rings. The molecule has 3 N–H and O–H groups in total. The van der Waals surface area contributed by atoms with Crippen LogP contribution in [-0.4, -0.2) is 50.3 Å². The fourth-order valence-corrected chi connectivity index (χ4v) is 3.04. The largest absolute Gasteiger partial charge is 0.388 e. The molecule has 1 fully saturated rings. The van der Waals surface area contributed by atoms with Gasteiger partial charge in [-0.15, -0.1) is 0 Å². The maximum atomic E-state index is 9.69. The predicted molar refractivity (Wildman–Crippen MR) is 56.6 cm³/mol. The minimum Gasteiger partial charge on any atom is -0.388 e. The molecular formula is C9H15NO4S. The van der Waals surface area contributed by atoms with E-state index in [4.69, 9.17) is 4.74 Å². The number of aliphatic imine (C=N–C) groups is 1. The molecule has 6 heteroatoms. The van der Waals surface area contributed by atoms with Crippen LogP contribution in [0.1, 0.15) is 19.8 Å². The molecule has 0 aromatic heterocycles. The van der Waals surface area contributed by atoms with Gasteiger partial charge in [0.2, 0.25) is 0 Å². The number of hydrogen-bond acceptors (Lipinski definition) is 6. The summed E-state index contributed by atoms with van der Waals surface area (Å²) in [7, 11) is 0. The zero-order chi connectivity index (χ0) is 11.0. The Hall–Kier alpha value is -0.140. The molecule has 0 unspecified atom stereocenters. The van der Waals surface area contributed by atoms with Crippen molar-refractivity contribution in [1.29, 1.82) is 0 Å². The summed E-state index contributed by atoms with van der Waals surface area (Å²) in [5.74, 6) is 0. The number of hydrogen-bond donors (Lipinski definition) is 3. The van der Waals surface area contributed by atoms with Gasteiger partial charge in [0, 0.05) is 0 Å². The lowest BCUT2D eigenvalue weighted by Crippen LogP contribution is -2.54. The van der Waals surface area contributed by atoms with E-state index in [1.165, 1.54) is 11.8 Å². The van der Waals surface area contributed by atoms with Crippen LogP contribution >= 0.6 is 11.8 Å². The number of rotatable bonds is 2. The van der Waals surface area contributed by atoms with Gasteiger partial charge in [-0.3, -0.25) is 4.99 Å². The Bertz CT molecular complexity index is 273. The van der Waals surface area contributed by atoms with Crippen LogP contribution in [0.25, 0.3) is 0 Å². The maximum Gasteiger partial charge on any atom is 0.185 e. The fourth-order valence-electron chi connectivity index (χ4n) is 1.73. The van der Waals surface area contributed by atoms with Crippen molar-refractivity contribution < 1.29 is 20.1 Å². The van der Waals surface area contributed by atoms with Gasteiger partial charge in [0.05, 0.1) is 5.04 Å². The zero-order valence-corrected chi connectivity index (χ0v) is 9.22. The van der Waals surface area contributed by atoms with Gasteiger partial charge in [0.25, 0.3) is 0 Å². The molecule has 0 radical (unpaired) electrons. The first-order valence-electron chi connectivity index (χ1n) is 5.06. The molecule has 2 rings (SSSR count). The van der Waals surface area contributed by atoms with Crippen molar-refractivity contribution >= 4 is 16.8 Å². The third-order valence-corrected chi connectivity index (χ3v) is 3.76. The second-order valence-corrected chi connectivity index (χ2v) is 4.93. The number of ether oxygens (including phenoxy) is 1. The summed E-state index contributed by atoms with van der Waals surface area (Å²) in [4.78, 5) is 4.30. The number of nitrogens with zero attached hydrogens (tertiary/aromatic N) is 1. The third-order valence-electron chi connectivity index (χ3n) is 2.55. The van der Waals surface area contributed by atoms with Crippen molar-refractivity contribution in [2.45, 2.75) is 49.7 Å². The first-order chi connectivity index (χ1) is 7.13. The van der Waals surface area contributed by atoms with Crippen molar-refractivity contribution in [1.82, 2.24) is 0 Å². The van der Waals surface area contributed by atoms with Gasteiger partial charge in [-0.1, -0.05) is 25.1 Å². The Kier molecular flexibility index (Phi) is 3.32. The molecule has 5 atom stereocenters. The molecule has 1 saturated heterocycles. The molecule has 2 heterocycles. The lowest BCUT2D eigenvalue weighted by molar-refractivity contribution is -0.233. The quantitative estimate of drug-likeness (QED) is 0.610. The molecular weight excluding hydrogens is 218 g/mol. The number of thioether (sulfide) groups is 1. The van der Waals surface area contributed by atoms with E-state index in [2.05, 4.69) is 4.99 Å². The summed E-state index contributed by atoms with van der Waals surface area (Å²) >= 11 is 1.43. The highest BCUT2D eigenvalue weighted by Crippen LogP contribution is 2.36. The van der Waals surface area contributed by atoms with Crippen LogP contribution in [0.2, 0.25) is 0 Å². The Morgan fingerprint density at radius 1 is 1.33 bits per heavy atom. The molecule has 5 nitrogen and oxygen atoms in total. The van der Waals surface area contributed by atoms with Gasteiger partial charge in [0.1, 0.15) is 23.7 Å². The molecule has 15 heavy (non-hydrogen) atoms. The third kappa shape index (κ3) is 2.05. The van der Waals surface area contributed by atoms with Crippen molar-refractivity contribution in [2.75, 3.05) is 0 Å². The molecule has 2 aliphatic rings. The summed E-state index contributed by atoms with van der Waals surface area (Å²) in [5, 5.41) is 29.3.